The highest BCUT2D eigenvalue weighted by atomic mass is 16.6. The number of ether oxygens (including phenoxy) is 2. The van der Waals surface area contributed by atoms with Crippen LogP contribution in [0.25, 0.3) is 0 Å². The van der Waals surface area contributed by atoms with Crippen molar-refractivity contribution in [3.8, 4) is 5.75 Å². The van der Waals surface area contributed by atoms with Crippen LogP contribution in [0.2, 0.25) is 0 Å². The molecule has 0 saturated heterocycles. The zero-order valence-corrected chi connectivity index (χ0v) is 16.7. The molecule has 0 amide bonds. The van der Waals surface area contributed by atoms with Gasteiger partial charge in [-0.2, -0.15) is 0 Å². The number of Topliss-reactive ketones (excluding diaryl/α,β-unsaturated/α-hetero) is 1. The average molecular weight is 368 g/mol. The Morgan fingerprint density at radius 2 is 1.48 bits per heavy atom. The summed E-state index contributed by atoms with van der Waals surface area (Å²) in [5.74, 6) is 0.198. The molecule has 1 unspecified atom stereocenters. The van der Waals surface area contributed by atoms with Crippen LogP contribution >= 0.6 is 0 Å². The van der Waals surface area contributed by atoms with Crippen LogP contribution in [-0.2, 0) is 4.74 Å². The Hall–Kier alpha value is -2.62. The second-order valence-electron chi connectivity index (χ2n) is 7.56. The molecule has 0 saturated carbocycles. The van der Waals surface area contributed by atoms with E-state index in [1.807, 2.05) is 32.9 Å². The third-order valence-corrected chi connectivity index (χ3v) is 4.22. The van der Waals surface area contributed by atoms with Crippen LogP contribution in [0, 0.1) is 0 Å². The van der Waals surface area contributed by atoms with Crippen LogP contribution in [0.5, 0.6) is 5.75 Å². The first kappa shape index (κ1) is 20.7. The summed E-state index contributed by atoms with van der Waals surface area (Å²) in [6.45, 7) is 7.57. The minimum Gasteiger partial charge on any atom is -0.497 e. The van der Waals surface area contributed by atoms with E-state index in [9.17, 15) is 9.59 Å². The van der Waals surface area contributed by atoms with E-state index in [-0.39, 0.29) is 17.7 Å². The number of esters is 1. The van der Waals surface area contributed by atoms with Crippen LogP contribution in [0.1, 0.15) is 72.7 Å². The minimum atomic E-state index is -0.537. The molecule has 0 fully saturated rings. The molecule has 0 radical (unpaired) electrons. The van der Waals surface area contributed by atoms with E-state index in [2.05, 4.69) is 6.92 Å². The van der Waals surface area contributed by atoms with Crippen molar-refractivity contribution in [1.29, 1.82) is 0 Å². The maximum absolute atomic E-state index is 13.0. The van der Waals surface area contributed by atoms with Crippen LogP contribution in [0.3, 0.4) is 0 Å². The molecule has 2 rings (SSSR count). The van der Waals surface area contributed by atoms with Gasteiger partial charge in [0.2, 0.25) is 0 Å². The quantitative estimate of drug-likeness (QED) is 0.484. The van der Waals surface area contributed by atoms with Gasteiger partial charge in [0.1, 0.15) is 11.4 Å². The predicted molar refractivity (Wildman–Crippen MR) is 107 cm³/mol. The van der Waals surface area contributed by atoms with Gasteiger partial charge < -0.3 is 9.47 Å². The number of ketones is 1. The van der Waals surface area contributed by atoms with Gasteiger partial charge in [0.05, 0.1) is 12.7 Å². The summed E-state index contributed by atoms with van der Waals surface area (Å²) in [6.07, 6.45) is 1.64. The van der Waals surface area contributed by atoms with Crippen molar-refractivity contribution in [2.75, 3.05) is 7.11 Å². The van der Waals surface area contributed by atoms with Crippen molar-refractivity contribution < 1.29 is 19.1 Å². The van der Waals surface area contributed by atoms with Gasteiger partial charge in [-0.25, -0.2) is 4.79 Å². The van der Waals surface area contributed by atoms with Gasteiger partial charge in [0.25, 0.3) is 0 Å². The molecular formula is C23H28O4. The molecule has 0 N–H and O–H groups in total. The average Bonchev–Trinajstić information content (AvgIpc) is 2.64. The Kier molecular flexibility index (Phi) is 6.78. The minimum absolute atomic E-state index is 0.0736. The van der Waals surface area contributed by atoms with Gasteiger partial charge in [-0.05, 0) is 69.2 Å². The molecule has 0 aromatic heterocycles. The smallest absolute Gasteiger partial charge is 0.338 e. The number of rotatable bonds is 7. The summed E-state index contributed by atoms with van der Waals surface area (Å²) < 4.78 is 10.5. The number of hydrogen-bond acceptors (Lipinski definition) is 4. The van der Waals surface area contributed by atoms with E-state index in [1.54, 1.807) is 43.5 Å². The van der Waals surface area contributed by atoms with E-state index in [1.165, 1.54) is 0 Å². The first-order valence-electron chi connectivity index (χ1n) is 9.26. The van der Waals surface area contributed by atoms with Crippen molar-refractivity contribution in [3.63, 3.8) is 0 Å². The lowest BCUT2D eigenvalue weighted by Crippen LogP contribution is -2.23. The lowest BCUT2D eigenvalue weighted by atomic mass is 9.87. The van der Waals surface area contributed by atoms with Gasteiger partial charge >= 0.3 is 5.97 Å². The van der Waals surface area contributed by atoms with Gasteiger partial charge in [0.15, 0.2) is 5.78 Å². The molecule has 0 aliphatic rings. The number of carbonyl (C=O) groups is 2. The Balaban J connectivity index is 2.22. The summed E-state index contributed by atoms with van der Waals surface area (Å²) >= 11 is 0. The molecule has 2 aromatic rings. The van der Waals surface area contributed by atoms with Crippen molar-refractivity contribution in [2.24, 2.45) is 0 Å². The molecule has 0 aliphatic heterocycles. The largest absolute Gasteiger partial charge is 0.497 e. The fourth-order valence-electron chi connectivity index (χ4n) is 2.88. The summed E-state index contributed by atoms with van der Waals surface area (Å²) in [7, 11) is 1.60. The molecule has 0 aliphatic carbocycles. The van der Waals surface area contributed by atoms with E-state index < -0.39 is 5.60 Å². The second kappa shape index (κ2) is 8.85. The highest BCUT2D eigenvalue weighted by molar-refractivity contribution is 6.01. The Morgan fingerprint density at radius 3 is 1.96 bits per heavy atom. The normalized spacial score (nSPS) is 12.3. The molecular weight excluding hydrogens is 340 g/mol. The molecule has 1 atom stereocenters. The van der Waals surface area contributed by atoms with Crippen molar-refractivity contribution in [1.82, 2.24) is 0 Å². The zero-order valence-electron chi connectivity index (χ0n) is 16.7. The van der Waals surface area contributed by atoms with Gasteiger partial charge in [-0.1, -0.05) is 25.5 Å². The lowest BCUT2D eigenvalue weighted by molar-refractivity contribution is 0.00694. The Labute approximate surface area is 161 Å². The molecule has 4 nitrogen and oxygen atoms in total. The predicted octanol–water partition coefficient (Wildman–Crippen LogP) is 5.42. The second-order valence-corrected chi connectivity index (χ2v) is 7.56. The zero-order chi connectivity index (χ0) is 20.0. The van der Waals surface area contributed by atoms with Gasteiger partial charge in [0, 0.05) is 11.5 Å². The van der Waals surface area contributed by atoms with E-state index >= 15 is 0 Å². The molecule has 0 heterocycles. The van der Waals surface area contributed by atoms with Gasteiger partial charge in [-0.3, -0.25) is 4.79 Å². The summed E-state index contributed by atoms with van der Waals surface area (Å²) in [4.78, 5) is 25.2. The molecule has 0 spiro atoms. The number of hydrogen-bond donors (Lipinski definition) is 0. The molecule has 0 bridgehead atoms. The molecule has 4 heteroatoms. The summed E-state index contributed by atoms with van der Waals surface area (Å²) in [6, 6.07) is 14.3. The van der Waals surface area contributed by atoms with Crippen molar-refractivity contribution in [2.45, 2.75) is 52.1 Å². The lowest BCUT2D eigenvalue weighted by Gasteiger charge is -2.20. The molecule has 2 aromatic carbocycles. The summed E-state index contributed by atoms with van der Waals surface area (Å²) in [5, 5.41) is 0. The SMILES string of the molecule is CCCC(C(=O)c1ccc(OC)cc1)c1ccc(C(=O)OC(C)(C)C)cc1. The fraction of sp³-hybridized carbons (Fsp3) is 0.391. The third-order valence-electron chi connectivity index (χ3n) is 4.22. The van der Waals surface area contributed by atoms with Crippen LogP contribution < -0.4 is 4.74 Å². The Bertz CT molecular complexity index is 768. The third kappa shape index (κ3) is 5.68. The maximum atomic E-state index is 13.0. The summed E-state index contributed by atoms with van der Waals surface area (Å²) in [5.41, 5.74) is 1.52. The highest BCUT2D eigenvalue weighted by Crippen LogP contribution is 2.27. The standard InChI is InChI=1S/C23H28O4/c1-6-7-20(21(24)17-12-14-19(26-5)15-13-17)16-8-10-18(11-9-16)22(25)27-23(2,3)4/h8-15,20H,6-7H2,1-5H3. The first-order chi connectivity index (χ1) is 12.7. The highest BCUT2D eigenvalue weighted by Gasteiger charge is 2.23. The Morgan fingerprint density at radius 1 is 0.926 bits per heavy atom. The first-order valence-corrected chi connectivity index (χ1v) is 9.26. The number of methoxy groups -OCH3 is 1. The fourth-order valence-corrected chi connectivity index (χ4v) is 2.88. The number of carbonyl (C=O) groups excluding carboxylic acids is 2. The van der Waals surface area contributed by atoms with Crippen LogP contribution in [0.15, 0.2) is 48.5 Å². The van der Waals surface area contributed by atoms with E-state index in [0.717, 1.165) is 24.2 Å². The van der Waals surface area contributed by atoms with E-state index in [0.29, 0.717) is 11.1 Å². The van der Waals surface area contributed by atoms with Crippen LogP contribution in [0.4, 0.5) is 0 Å². The molecule has 27 heavy (non-hydrogen) atoms. The van der Waals surface area contributed by atoms with Gasteiger partial charge in [-0.15, -0.1) is 0 Å². The number of benzene rings is 2. The van der Waals surface area contributed by atoms with E-state index in [4.69, 9.17) is 9.47 Å². The monoisotopic (exact) mass is 368 g/mol. The molecule has 144 valence electrons. The maximum Gasteiger partial charge on any atom is 0.338 e. The van der Waals surface area contributed by atoms with Crippen molar-refractivity contribution >= 4 is 11.8 Å². The van der Waals surface area contributed by atoms with Crippen molar-refractivity contribution in [3.05, 3.63) is 65.2 Å². The topological polar surface area (TPSA) is 52.6 Å². The van der Waals surface area contributed by atoms with Crippen LogP contribution in [-0.4, -0.2) is 24.5 Å².